The van der Waals surface area contributed by atoms with Crippen molar-refractivity contribution in [2.24, 2.45) is 0 Å². The van der Waals surface area contributed by atoms with E-state index in [-0.39, 0.29) is 17.5 Å². The van der Waals surface area contributed by atoms with Crippen molar-refractivity contribution in [1.82, 2.24) is 9.47 Å². The van der Waals surface area contributed by atoms with Gasteiger partial charge in [0, 0.05) is 23.8 Å². The highest BCUT2D eigenvalue weighted by Crippen LogP contribution is 2.33. The zero-order valence-corrected chi connectivity index (χ0v) is 18.2. The van der Waals surface area contributed by atoms with E-state index in [0.29, 0.717) is 30.3 Å². The van der Waals surface area contributed by atoms with Crippen LogP contribution in [0.3, 0.4) is 0 Å². The van der Waals surface area contributed by atoms with Crippen molar-refractivity contribution in [2.45, 2.75) is 32.4 Å². The Balaban J connectivity index is 1.57. The van der Waals surface area contributed by atoms with Gasteiger partial charge in [-0.15, -0.1) is 0 Å². The maximum Gasteiger partial charge on any atom is 0.255 e. The number of likely N-dealkylation sites (tertiary alicyclic amines) is 1. The molecule has 0 bridgehead atoms. The molecule has 1 unspecified atom stereocenters. The van der Waals surface area contributed by atoms with E-state index in [1.807, 2.05) is 54.3 Å². The van der Waals surface area contributed by atoms with Gasteiger partial charge in [-0.05, 0) is 55.2 Å². The van der Waals surface area contributed by atoms with Gasteiger partial charge in [-0.25, -0.2) is 0 Å². The Kier molecular flexibility index (Phi) is 6.42. The fourth-order valence-corrected chi connectivity index (χ4v) is 4.26. The molecule has 1 saturated heterocycles. The summed E-state index contributed by atoms with van der Waals surface area (Å²) in [4.78, 5) is 27.6. The van der Waals surface area contributed by atoms with Gasteiger partial charge in [-0.1, -0.05) is 41.9 Å². The Hall–Kier alpha value is -3.05. The average molecular weight is 437 g/mol. The van der Waals surface area contributed by atoms with Gasteiger partial charge >= 0.3 is 0 Å². The van der Waals surface area contributed by atoms with E-state index >= 15 is 0 Å². The van der Waals surface area contributed by atoms with Gasteiger partial charge in [0.15, 0.2) is 0 Å². The van der Waals surface area contributed by atoms with E-state index in [1.165, 1.54) is 10.6 Å². The zero-order valence-electron chi connectivity index (χ0n) is 17.5. The van der Waals surface area contributed by atoms with Crippen molar-refractivity contribution >= 4 is 17.5 Å². The molecule has 1 fully saturated rings. The maximum atomic E-state index is 13.3. The molecular weight excluding hydrogens is 412 g/mol. The maximum absolute atomic E-state index is 13.3. The number of hydrogen-bond donors (Lipinski definition) is 0. The molecule has 1 aliphatic rings. The molecule has 2 aromatic carbocycles. The van der Waals surface area contributed by atoms with Crippen LogP contribution in [0, 0.1) is 0 Å². The summed E-state index contributed by atoms with van der Waals surface area (Å²) in [6.07, 6.45) is 3.50. The van der Waals surface area contributed by atoms with Gasteiger partial charge in [-0.3, -0.25) is 9.59 Å². The number of carbonyl (C=O) groups is 1. The summed E-state index contributed by atoms with van der Waals surface area (Å²) in [5.41, 5.74) is 2.27. The standard InChI is InChI=1S/C25H25ClN2O3/c1-2-31-21-12-9-18(10-13-21)23-8-5-15-28(23)25(30)20-11-14-24(29)27(17-20)16-19-6-3-4-7-22(19)26/h3-4,6-7,9-14,17,23H,2,5,8,15-16H2,1H3. The fraction of sp³-hybridized carbons (Fsp3) is 0.280. The molecule has 5 nitrogen and oxygen atoms in total. The lowest BCUT2D eigenvalue weighted by Crippen LogP contribution is -2.32. The average Bonchev–Trinajstić information content (AvgIpc) is 3.27. The molecule has 31 heavy (non-hydrogen) atoms. The molecule has 1 aromatic heterocycles. The van der Waals surface area contributed by atoms with Crippen LogP contribution in [0.1, 0.15) is 47.3 Å². The normalized spacial score (nSPS) is 15.8. The molecular formula is C25H25ClN2O3. The Morgan fingerprint density at radius 2 is 1.87 bits per heavy atom. The van der Waals surface area contributed by atoms with Crippen LogP contribution in [0.25, 0.3) is 0 Å². The molecule has 6 heteroatoms. The minimum absolute atomic E-state index is 0.0205. The number of ether oxygens (including phenoxy) is 1. The van der Waals surface area contributed by atoms with Crippen LogP contribution in [0.4, 0.5) is 0 Å². The van der Waals surface area contributed by atoms with Gasteiger partial charge < -0.3 is 14.2 Å². The molecule has 1 atom stereocenters. The number of benzene rings is 2. The molecule has 0 saturated carbocycles. The summed E-state index contributed by atoms with van der Waals surface area (Å²) in [5.74, 6) is 0.762. The van der Waals surface area contributed by atoms with E-state index in [1.54, 1.807) is 18.3 Å². The quantitative estimate of drug-likeness (QED) is 0.550. The van der Waals surface area contributed by atoms with Crippen molar-refractivity contribution in [2.75, 3.05) is 13.2 Å². The first-order chi connectivity index (χ1) is 15.1. The summed E-state index contributed by atoms with van der Waals surface area (Å²) < 4.78 is 7.06. The van der Waals surface area contributed by atoms with Gasteiger partial charge in [-0.2, -0.15) is 0 Å². The van der Waals surface area contributed by atoms with E-state index in [4.69, 9.17) is 16.3 Å². The lowest BCUT2D eigenvalue weighted by Gasteiger charge is -2.25. The lowest BCUT2D eigenvalue weighted by molar-refractivity contribution is 0.0734. The highest BCUT2D eigenvalue weighted by Gasteiger charge is 2.30. The third-order valence-corrected chi connectivity index (χ3v) is 5.99. The molecule has 4 rings (SSSR count). The first-order valence-electron chi connectivity index (χ1n) is 10.5. The van der Waals surface area contributed by atoms with Crippen LogP contribution in [-0.4, -0.2) is 28.5 Å². The number of amides is 1. The Bertz CT molecular complexity index is 1120. The molecule has 0 N–H and O–H groups in total. The minimum Gasteiger partial charge on any atom is -0.494 e. The van der Waals surface area contributed by atoms with E-state index < -0.39 is 0 Å². The Morgan fingerprint density at radius 3 is 2.61 bits per heavy atom. The highest BCUT2D eigenvalue weighted by atomic mass is 35.5. The van der Waals surface area contributed by atoms with Crippen molar-refractivity contribution in [1.29, 1.82) is 0 Å². The molecule has 2 heterocycles. The van der Waals surface area contributed by atoms with Gasteiger partial charge in [0.25, 0.3) is 11.5 Å². The molecule has 160 valence electrons. The van der Waals surface area contributed by atoms with Crippen LogP contribution in [0.2, 0.25) is 5.02 Å². The molecule has 1 amide bonds. The number of nitrogens with zero attached hydrogens (tertiary/aromatic N) is 2. The van der Waals surface area contributed by atoms with Crippen molar-refractivity contribution in [3.05, 3.63) is 98.9 Å². The van der Waals surface area contributed by atoms with Crippen molar-refractivity contribution < 1.29 is 9.53 Å². The molecule has 0 spiro atoms. The Labute approximate surface area is 186 Å². The first-order valence-corrected chi connectivity index (χ1v) is 10.9. The Morgan fingerprint density at radius 1 is 1.10 bits per heavy atom. The lowest BCUT2D eigenvalue weighted by atomic mass is 10.0. The van der Waals surface area contributed by atoms with Crippen molar-refractivity contribution in [3.8, 4) is 5.75 Å². The van der Waals surface area contributed by atoms with E-state index in [2.05, 4.69) is 0 Å². The summed E-state index contributed by atoms with van der Waals surface area (Å²) >= 11 is 6.25. The summed E-state index contributed by atoms with van der Waals surface area (Å²) in [7, 11) is 0. The number of hydrogen-bond acceptors (Lipinski definition) is 3. The number of carbonyl (C=O) groups excluding carboxylic acids is 1. The van der Waals surface area contributed by atoms with E-state index in [9.17, 15) is 9.59 Å². The second kappa shape index (κ2) is 9.40. The number of rotatable bonds is 6. The molecule has 0 aliphatic carbocycles. The van der Waals surface area contributed by atoms with Crippen LogP contribution in [-0.2, 0) is 6.54 Å². The van der Waals surface area contributed by atoms with Crippen molar-refractivity contribution in [3.63, 3.8) is 0 Å². The van der Waals surface area contributed by atoms with E-state index in [0.717, 1.165) is 29.7 Å². The SMILES string of the molecule is CCOc1ccc(C2CCCN2C(=O)c2ccc(=O)n(Cc3ccccc3Cl)c2)cc1. The molecule has 3 aromatic rings. The summed E-state index contributed by atoms with van der Waals surface area (Å²) in [6.45, 7) is 3.59. The van der Waals surface area contributed by atoms with Crippen LogP contribution >= 0.6 is 11.6 Å². The number of pyridine rings is 1. The third-order valence-electron chi connectivity index (χ3n) is 5.62. The largest absolute Gasteiger partial charge is 0.494 e. The predicted molar refractivity (Wildman–Crippen MR) is 122 cm³/mol. The second-order valence-corrected chi connectivity index (χ2v) is 8.04. The second-order valence-electron chi connectivity index (χ2n) is 7.63. The van der Waals surface area contributed by atoms with Crippen LogP contribution < -0.4 is 10.3 Å². The van der Waals surface area contributed by atoms with Gasteiger partial charge in [0.05, 0.1) is 24.8 Å². The molecule has 1 aliphatic heterocycles. The van der Waals surface area contributed by atoms with Crippen LogP contribution in [0.15, 0.2) is 71.7 Å². The number of halogens is 1. The number of aromatic nitrogens is 1. The molecule has 0 radical (unpaired) electrons. The summed E-state index contributed by atoms with van der Waals surface area (Å²) in [5, 5.41) is 0.598. The smallest absolute Gasteiger partial charge is 0.255 e. The highest BCUT2D eigenvalue weighted by molar-refractivity contribution is 6.31. The third kappa shape index (κ3) is 4.67. The fourth-order valence-electron chi connectivity index (χ4n) is 4.07. The topological polar surface area (TPSA) is 51.5 Å². The van der Waals surface area contributed by atoms with Gasteiger partial charge in [0.2, 0.25) is 0 Å². The summed E-state index contributed by atoms with van der Waals surface area (Å²) in [6, 6.07) is 18.4. The van der Waals surface area contributed by atoms with Crippen LogP contribution in [0.5, 0.6) is 5.75 Å². The monoisotopic (exact) mass is 436 g/mol. The first kappa shape index (κ1) is 21.2. The predicted octanol–water partition coefficient (Wildman–Crippen LogP) is 4.93. The van der Waals surface area contributed by atoms with Gasteiger partial charge in [0.1, 0.15) is 5.75 Å². The zero-order chi connectivity index (χ0) is 21.8. The minimum atomic E-state index is -0.166.